The van der Waals surface area contributed by atoms with E-state index in [1.54, 1.807) is 13.8 Å². The van der Waals surface area contributed by atoms with Gasteiger partial charge in [0.1, 0.15) is 0 Å². The van der Waals surface area contributed by atoms with E-state index in [9.17, 15) is 24.3 Å². The summed E-state index contributed by atoms with van der Waals surface area (Å²) >= 11 is -2.05. The Morgan fingerprint density at radius 1 is 1.07 bits per heavy atom. The summed E-state index contributed by atoms with van der Waals surface area (Å²) in [6, 6.07) is 5.08. The Morgan fingerprint density at radius 2 is 1.63 bits per heavy atom. The summed E-state index contributed by atoms with van der Waals surface area (Å²) in [6.07, 6.45) is 2.94. The van der Waals surface area contributed by atoms with Crippen LogP contribution in [0.2, 0.25) is 0 Å². The van der Waals surface area contributed by atoms with E-state index < -0.39 is 46.9 Å². The molecule has 0 bridgehead atoms. The number of rotatable bonds is 9. The molecule has 1 aliphatic rings. The molecule has 1 radical (unpaired) electrons. The average Bonchev–Trinajstić information content (AvgIpc) is 3.12. The van der Waals surface area contributed by atoms with Gasteiger partial charge in [-0.15, -0.1) is 0 Å². The normalized spacial score (nSPS) is 13.4. The Balaban J connectivity index is 2.01. The summed E-state index contributed by atoms with van der Waals surface area (Å²) in [4.78, 5) is 34.8. The van der Waals surface area contributed by atoms with Gasteiger partial charge in [0.15, 0.2) is 0 Å². The Kier molecular flexibility index (Phi) is 7.55. The molecule has 0 fully saturated rings. The van der Waals surface area contributed by atoms with Gasteiger partial charge in [-0.2, -0.15) is 0 Å². The van der Waals surface area contributed by atoms with Crippen molar-refractivity contribution in [1.82, 2.24) is 0 Å². The molecule has 0 aliphatic carbocycles. The third-order valence-electron chi connectivity index (χ3n) is 3.34. The standard InChI is InChI=1S/C16H16NO8P.In/c1-3-23-26(22,24-4-2)16(19)8-6-5-7-15(18)25-14-11-9-13(10-12-14)17(20)21;/h5-6,9-12H,3-4H2,1-2H3;. The molecule has 0 saturated carbocycles. The van der Waals surface area contributed by atoms with Gasteiger partial charge in [0, 0.05) is 0 Å². The molecule has 0 unspecified atom stereocenters. The van der Waals surface area contributed by atoms with Crippen LogP contribution in [0.1, 0.15) is 13.8 Å². The molecule has 0 saturated heterocycles. The molecule has 0 atom stereocenters. The quantitative estimate of drug-likeness (QED) is 0.168. The molecule has 141 valence electrons. The van der Waals surface area contributed by atoms with Crippen molar-refractivity contribution in [3.05, 3.63) is 53.2 Å². The fourth-order valence-corrected chi connectivity index (χ4v) is 8.24. The van der Waals surface area contributed by atoms with Gasteiger partial charge in [-0.1, -0.05) is 0 Å². The van der Waals surface area contributed by atoms with E-state index in [1.807, 2.05) is 0 Å². The van der Waals surface area contributed by atoms with Crippen LogP contribution in [-0.4, -0.2) is 52.5 Å². The van der Waals surface area contributed by atoms with Crippen molar-refractivity contribution in [2.45, 2.75) is 13.8 Å². The first kappa shape index (κ1) is 21.6. The predicted octanol–water partition coefficient (Wildman–Crippen LogP) is 2.78. The number of esters is 1. The molecule has 0 spiro atoms. The molecule has 1 aromatic rings. The van der Waals surface area contributed by atoms with Crippen LogP contribution in [0.5, 0.6) is 5.75 Å². The van der Waals surface area contributed by atoms with Gasteiger partial charge in [0.05, 0.1) is 0 Å². The van der Waals surface area contributed by atoms with Crippen LogP contribution < -0.4 is 4.74 Å². The summed E-state index contributed by atoms with van der Waals surface area (Å²) in [5.41, 5.74) is -0.827. The van der Waals surface area contributed by atoms with Crippen molar-refractivity contribution < 1.29 is 32.9 Å². The molecular weight excluding hydrogens is 480 g/mol. The number of nitro groups is 1. The topological polar surface area (TPSA) is 122 Å². The number of nitro benzene ring substituents is 1. The van der Waals surface area contributed by atoms with E-state index in [4.69, 9.17) is 13.8 Å². The number of hydrogen-bond acceptors (Lipinski definition) is 8. The van der Waals surface area contributed by atoms with Gasteiger partial charge in [-0.05, 0) is 0 Å². The number of non-ortho nitro benzene ring substituents is 1. The third kappa shape index (κ3) is 5.38. The summed E-state index contributed by atoms with van der Waals surface area (Å²) in [7, 11) is -3.91. The van der Waals surface area contributed by atoms with Gasteiger partial charge in [0.2, 0.25) is 0 Å². The second-order valence-corrected chi connectivity index (χ2v) is 11.5. The molecule has 2 rings (SSSR count). The van der Waals surface area contributed by atoms with E-state index in [1.165, 1.54) is 36.4 Å². The van der Waals surface area contributed by atoms with Crippen LogP contribution in [0.4, 0.5) is 5.69 Å². The van der Waals surface area contributed by atoms with Crippen molar-refractivity contribution in [1.29, 1.82) is 0 Å². The SMILES string of the molecule is CCOP(=O)(OCC)C(=O)[C]1=CC=[C](C(=O)Oc2ccc([N+](=O)[O-])cc2)[In]1. The van der Waals surface area contributed by atoms with Crippen LogP contribution in [0.3, 0.4) is 0 Å². The van der Waals surface area contributed by atoms with Crippen LogP contribution in [0.15, 0.2) is 43.1 Å². The van der Waals surface area contributed by atoms with Crippen LogP contribution >= 0.6 is 7.60 Å². The first-order valence-corrected chi connectivity index (χ1v) is 12.8. The number of ether oxygens (including phenoxy) is 1. The van der Waals surface area contributed by atoms with Crippen molar-refractivity contribution in [3.8, 4) is 5.75 Å². The molecule has 1 heterocycles. The summed E-state index contributed by atoms with van der Waals surface area (Å²) in [5.74, 6) is -0.477. The fourth-order valence-electron chi connectivity index (χ4n) is 2.16. The monoisotopic (exact) mass is 496 g/mol. The van der Waals surface area contributed by atoms with Gasteiger partial charge < -0.3 is 0 Å². The van der Waals surface area contributed by atoms with Gasteiger partial charge >= 0.3 is 167 Å². The van der Waals surface area contributed by atoms with Crippen LogP contribution in [0, 0.1) is 10.1 Å². The Labute approximate surface area is 166 Å². The number of allylic oxidation sites excluding steroid dienone is 3. The van der Waals surface area contributed by atoms with Crippen LogP contribution in [-0.2, 0) is 23.2 Å². The molecule has 9 nitrogen and oxygen atoms in total. The maximum atomic E-state index is 12.6. The predicted molar refractivity (Wildman–Crippen MR) is 96.5 cm³/mol. The van der Waals surface area contributed by atoms with E-state index in [2.05, 4.69) is 0 Å². The second-order valence-electron chi connectivity index (χ2n) is 5.17. The summed E-state index contributed by atoms with van der Waals surface area (Å²) < 4.78 is 28.5. The summed E-state index contributed by atoms with van der Waals surface area (Å²) in [5, 5.41) is 10.6. The molecule has 11 heteroatoms. The fraction of sp³-hybridized carbons (Fsp3) is 0.250. The number of carbonyl (C=O) groups excluding carboxylic acids is 2. The third-order valence-corrected chi connectivity index (χ3v) is 10.3. The van der Waals surface area contributed by atoms with Crippen molar-refractivity contribution in [2.24, 2.45) is 0 Å². The zero-order valence-electron chi connectivity index (χ0n) is 14.6. The molecule has 1 aromatic carbocycles. The average molecular weight is 496 g/mol. The number of nitrogens with zero attached hydrogens (tertiary/aromatic N) is 1. The minimum absolute atomic E-state index is 0.0616. The zero-order valence-corrected chi connectivity index (χ0v) is 18.8. The molecule has 0 amide bonds. The first-order valence-electron chi connectivity index (χ1n) is 7.98. The first-order chi connectivity index (χ1) is 12.8. The number of carbonyl (C=O) groups is 2. The Bertz CT molecular complexity index is 852. The van der Waals surface area contributed by atoms with E-state index in [0.717, 1.165) is 0 Å². The van der Waals surface area contributed by atoms with Crippen molar-refractivity contribution >= 4 is 47.7 Å². The van der Waals surface area contributed by atoms with Crippen molar-refractivity contribution in [2.75, 3.05) is 13.2 Å². The Hall–Kier alpha value is -1.74. The Morgan fingerprint density at radius 3 is 2.15 bits per heavy atom. The van der Waals surface area contributed by atoms with Crippen LogP contribution in [0.25, 0.3) is 0 Å². The minimum atomic E-state index is -3.91. The summed E-state index contributed by atoms with van der Waals surface area (Å²) in [6.45, 7) is 3.34. The van der Waals surface area contributed by atoms with E-state index >= 15 is 0 Å². The maximum absolute atomic E-state index is 12.6. The van der Waals surface area contributed by atoms with E-state index in [0.29, 0.717) is 6.66 Å². The molecule has 27 heavy (non-hydrogen) atoms. The molecular formula is C16H16InNO8P. The number of hydrogen-bond donors (Lipinski definition) is 0. The number of benzene rings is 1. The second kappa shape index (κ2) is 9.45. The molecule has 0 aromatic heterocycles. The van der Waals surface area contributed by atoms with E-state index in [-0.39, 0.29) is 24.7 Å². The van der Waals surface area contributed by atoms with Gasteiger partial charge in [0.25, 0.3) is 0 Å². The molecule has 1 aliphatic heterocycles. The molecule has 0 N–H and O–H groups in total. The van der Waals surface area contributed by atoms with Crippen molar-refractivity contribution in [3.63, 3.8) is 0 Å². The zero-order chi connectivity index (χ0) is 20.0. The van der Waals surface area contributed by atoms with Gasteiger partial charge in [-0.25, -0.2) is 0 Å². The van der Waals surface area contributed by atoms with Gasteiger partial charge in [-0.3, -0.25) is 0 Å².